The standard InChI is InChI=1S/C20H30O3/c1-19(11-5-6-13-20(19)22-15-16-23-20)12-7-8-14-21-17-18-9-3-2-4-10-18/h2-4,9-10H,5-8,11-17H2,1H3. The minimum atomic E-state index is -0.295. The SMILES string of the molecule is CC1(CCCCOCc2ccccc2)CCCCC12OCCO2. The Morgan fingerprint density at radius 2 is 1.74 bits per heavy atom. The lowest BCUT2D eigenvalue weighted by Gasteiger charge is -2.48. The van der Waals surface area contributed by atoms with Crippen molar-refractivity contribution in [3.05, 3.63) is 35.9 Å². The van der Waals surface area contributed by atoms with Gasteiger partial charge >= 0.3 is 0 Å². The number of hydrogen-bond acceptors (Lipinski definition) is 3. The Morgan fingerprint density at radius 1 is 1.00 bits per heavy atom. The van der Waals surface area contributed by atoms with Crippen molar-refractivity contribution in [2.75, 3.05) is 19.8 Å². The zero-order valence-corrected chi connectivity index (χ0v) is 14.4. The molecule has 1 aliphatic heterocycles. The summed E-state index contributed by atoms with van der Waals surface area (Å²) in [5.41, 5.74) is 1.42. The molecule has 3 nitrogen and oxygen atoms in total. The predicted octanol–water partition coefficient (Wildman–Crippen LogP) is 4.70. The molecule has 0 aromatic heterocycles. The summed E-state index contributed by atoms with van der Waals surface area (Å²) < 4.78 is 18.0. The zero-order chi connectivity index (χ0) is 16.0. The molecule has 1 saturated heterocycles. The first-order valence-corrected chi connectivity index (χ1v) is 9.14. The summed E-state index contributed by atoms with van der Waals surface area (Å²) in [7, 11) is 0. The molecule has 23 heavy (non-hydrogen) atoms. The van der Waals surface area contributed by atoms with Crippen molar-refractivity contribution in [1.82, 2.24) is 0 Å². The Morgan fingerprint density at radius 3 is 2.52 bits per heavy atom. The van der Waals surface area contributed by atoms with E-state index in [-0.39, 0.29) is 11.2 Å². The van der Waals surface area contributed by atoms with Gasteiger partial charge in [0.05, 0.1) is 19.8 Å². The highest BCUT2D eigenvalue weighted by Gasteiger charge is 2.53. The van der Waals surface area contributed by atoms with Crippen molar-refractivity contribution >= 4 is 0 Å². The Hall–Kier alpha value is -0.900. The van der Waals surface area contributed by atoms with Crippen LogP contribution in [0.4, 0.5) is 0 Å². The zero-order valence-electron chi connectivity index (χ0n) is 14.4. The van der Waals surface area contributed by atoms with E-state index >= 15 is 0 Å². The highest BCUT2D eigenvalue weighted by atomic mass is 16.7. The van der Waals surface area contributed by atoms with Crippen LogP contribution >= 0.6 is 0 Å². The van der Waals surface area contributed by atoms with E-state index in [0.29, 0.717) is 6.61 Å². The molecule has 1 spiro atoms. The molecule has 3 rings (SSSR count). The van der Waals surface area contributed by atoms with E-state index in [9.17, 15) is 0 Å². The fourth-order valence-electron chi connectivity index (χ4n) is 4.11. The summed E-state index contributed by atoms with van der Waals surface area (Å²) >= 11 is 0. The molecule has 0 amide bonds. The van der Waals surface area contributed by atoms with Crippen molar-refractivity contribution in [3.8, 4) is 0 Å². The molecular formula is C20H30O3. The molecule has 0 N–H and O–H groups in total. The first-order valence-electron chi connectivity index (χ1n) is 9.14. The van der Waals surface area contributed by atoms with Crippen molar-refractivity contribution in [3.63, 3.8) is 0 Å². The van der Waals surface area contributed by atoms with Gasteiger partial charge in [0.2, 0.25) is 0 Å². The monoisotopic (exact) mass is 318 g/mol. The topological polar surface area (TPSA) is 27.7 Å². The van der Waals surface area contributed by atoms with Crippen molar-refractivity contribution < 1.29 is 14.2 Å². The normalized spacial score (nSPS) is 26.7. The van der Waals surface area contributed by atoms with E-state index in [4.69, 9.17) is 14.2 Å². The molecule has 1 aromatic rings. The molecule has 3 heteroatoms. The molecule has 2 aliphatic rings. The van der Waals surface area contributed by atoms with Crippen LogP contribution < -0.4 is 0 Å². The fourth-order valence-corrected chi connectivity index (χ4v) is 4.11. The molecule has 2 fully saturated rings. The van der Waals surface area contributed by atoms with E-state index < -0.39 is 0 Å². The summed E-state index contributed by atoms with van der Waals surface area (Å²) in [6.45, 7) is 5.43. The third-order valence-corrected chi connectivity index (χ3v) is 5.54. The fraction of sp³-hybridized carbons (Fsp3) is 0.700. The maximum atomic E-state index is 6.08. The average Bonchev–Trinajstić information content (AvgIpc) is 3.05. The molecule has 1 heterocycles. The largest absolute Gasteiger partial charge is 0.377 e. The van der Waals surface area contributed by atoms with Gasteiger partial charge in [0.25, 0.3) is 0 Å². The summed E-state index contributed by atoms with van der Waals surface area (Å²) in [5, 5.41) is 0. The predicted molar refractivity (Wildman–Crippen MR) is 91.2 cm³/mol. The first-order chi connectivity index (χ1) is 11.2. The molecule has 0 radical (unpaired) electrons. The van der Waals surface area contributed by atoms with Gasteiger partial charge < -0.3 is 14.2 Å². The number of rotatable bonds is 7. The van der Waals surface area contributed by atoms with Crippen LogP contribution in [-0.4, -0.2) is 25.6 Å². The second-order valence-corrected chi connectivity index (χ2v) is 7.21. The van der Waals surface area contributed by atoms with Gasteiger partial charge in [-0.3, -0.25) is 0 Å². The smallest absolute Gasteiger partial charge is 0.173 e. The van der Waals surface area contributed by atoms with Gasteiger partial charge in [-0.1, -0.05) is 50.1 Å². The second-order valence-electron chi connectivity index (χ2n) is 7.21. The van der Waals surface area contributed by atoms with Crippen LogP contribution in [0.1, 0.15) is 57.4 Å². The van der Waals surface area contributed by atoms with Crippen molar-refractivity contribution in [2.24, 2.45) is 5.41 Å². The lowest BCUT2D eigenvalue weighted by atomic mass is 9.67. The van der Waals surface area contributed by atoms with Gasteiger partial charge in [-0.25, -0.2) is 0 Å². The van der Waals surface area contributed by atoms with E-state index in [1.165, 1.54) is 37.7 Å². The lowest BCUT2D eigenvalue weighted by molar-refractivity contribution is -0.253. The summed E-state index contributed by atoms with van der Waals surface area (Å²) in [6.07, 6.45) is 8.27. The van der Waals surface area contributed by atoms with Crippen LogP contribution in [0.5, 0.6) is 0 Å². The van der Waals surface area contributed by atoms with Crippen molar-refractivity contribution in [1.29, 1.82) is 0 Å². The van der Waals surface area contributed by atoms with Crippen LogP contribution in [0.2, 0.25) is 0 Å². The highest BCUT2D eigenvalue weighted by molar-refractivity contribution is 5.13. The maximum Gasteiger partial charge on any atom is 0.173 e. The Balaban J connectivity index is 1.39. The quantitative estimate of drug-likeness (QED) is 0.682. The van der Waals surface area contributed by atoms with Gasteiger partial charge in [0, 0.05) is 18.4 Å². The molecule has 1 saturated carbocycles. The maximum absolute atomic E-state index is 6.08. The van der Waals surface area contributed by atoms with Crippen LogP contribution in [-0.2, 0) is 20.8 Å². The first kappa shape index (κ1) is 16.9. The Bertz CT molecular complexity index is 467. The molecule has 1 unspecified atom stereocenters. The summed E-state index contributed by atoms with van der Waals surface area (Å²) in [6, 6.07) is 10.4. The molecule has 1 aliphatic carbocycles. The Labute approximate surface area is 140 Å². The molecular weight excluding hydrogens is 288 g/mol. The van der Waals surface area contributed by atoms with E-state index in [1.54, 1.807) is 0 Å². The third-order valence-electron chi connectivity index (χ3n) is 5.54. The number of ether oxygens (including phenoxy) is 3. The van der Waals surface area contributed by atoms with E-state index in [0.717, 1.165) is 32.7 Å². The number of unbranched alkanes of at least 4 members (excludes halogenated alkanes) is 1. The molecule has 1 atom stereocenters. The molecule has 128 valence electrons. The van der Waals surface area contributed by atoms with Gasteiger partial charge in [0.1, 0.15) is 0 Å². The lowest BCUT2D eigenvalue weighted by Crippen LogP contribution is -2.49. The van der Waals surface area contributed by atoms with Gasteiger partial charge in [0.15, 0.2) is 5.79 Å². The van der Waals surface area contributed by atoms with Crippen LogP contribution in [0, 0.1) is 5.41 Å². The van der Waals surface area contributed by atoms with Crippen LogP contribution in [0.15, 0.2) is 30.3 Å². The summed E-state index contributed by atoms with van der Waals surface area (Å²) in [5.74, 6) is -0.295. The van der Waals surface area contributed by atoms with Crippen LogP contribution in [0.25, 0.3) is 0 Å². The minimum Gasteiger partial charge on any atom is -0.377 e. The van der Waals surface area contributed by atoms with E-state index in [2.05, 4.69) is 31.2 Å². The number of benzene rings is 1. The second kappa shape index (κ2) is 7.78. The molecule has 0 bridgehead atoms. The molecule has 1 aromatic carbocycles. The highest BCUT2D eigenvalue weighted by Crippen LogP contribution is 2.51. The average molecular weight is 318 g/mol. The summed E-state index contributed by atoms with van der Waals surface area (Å²) in [4.78, 5) is 0. The van der Waals surface area contributed by atoms with Crippen LogP contribution in [0.3, 0.4) is 0 Å². The van der Waals surface area contributed by atoms with Gasteiger partial charge in [-0.15, -0.1) is 0 Å². The van der Waals surface area contributed by atoms with Gasteiger partial charge in [-0.2, -0.15) is 0 Å². The van der Waals surface area contributed by atoms with Crippen molar-refractivity contribution in [2.45, 2.75) is 64.3 Å². The van der Waals surface area contributed by atoms with E-state index in [1.807, 2.05) is 6.07 Å². The third kappa shape index (κ3) is 3.96. The Kier molecular flexibility index (Phi) is 5.73. The minimum absolute atomic E-state index is 0.168. The van der Waals surface area contributed by atoms with Gasteiger partial charge in [-0.05, 0) is 31.2 Å². The number of hydrogen-bond donors (Lipinski definition) is 0.